The van der Waals surface area contributed by atoms with Gasteiger partial charge < -0.3 is 20.9 Å². The maximum atomic E-state index is 12.2. The number of hydrogen-bond acceptors (Lipinski definition) is 4. The molecule has 0 saturated carbocycles. The molecule has 2 aromatic rings. The summed E-state index contributed by atoms with van der Waals surface area (Å²) in [6.45, 7) is 5.00. The number of amides is 1. The molecule has 1 fully saturated rings. The summed E-state index contributed by atoms with van der Waals surface area (Å²) in [5.41, 5.74) is 1.69. The van der Waals surface area contributed by atoms with Crippen molar-refractivity contribution in [3.63, 3.8) is 0 Å². The van der Waals surface area contributed by atoms with Crippen LogP contribution in [0.4, 0.5) is 5.82 Å². The monoisotopic (exact) mass is 556 g/mol. The highest BCUT2D eigenvalue weighted by Crippen LogP contribution is 2.25. The van der Waals surface area contributed by atoms with Crippen LogP contribution in [0.2, 0.25) is 5.02 Å². The minimum Gasteiger partial charge on any atom is -0.353 e. The molecule has 0 spiro atoms. The molecule has 1 aliphatic rings. The van der Waals surface area contributed by atoms with Crippen LogP contribution in [-0.2, 0) is 6.54 Å². The lowest BCUT2D eigenvalue weighted by Gasteiger charge is -2.20. The third-order valence-corrected chi connectivity index (χ3v) is 5.27. The van der Waals surface area contributed by atoms with Crippen molar-refractivity contribution in [3.05, 3.63) is 58.7 Å². The van der Waals surface area contributed by atoms with E-state index in [9.17, 15) is 4.79 Å². The normalized spacial score (nSPS) is 15.9. The van der Waals surface area contributed by atoms with E-state index in [2.05, 4.69) is 30.8 Å². The number of carbonyl (C=O) groups is 1. The van der Waals surface area contributed by atoms with Crippen LogP contribution in [0.25, 0.3) is 0 Å². The zero-order chi connectivity index (χ0) is 21.3. The fourth-order valence-electron chi connectivity index (χ4n) is 3.42. The molecule has 0 aliphatic carbocycles. The van der Waals surface area contributed by atoms with Crippen LogP contribution < -0.4 is 20.9 Å². The lowest BCUT2D eigenvalue weighted by Crippen LogP contribution is -2.44. The number of carbonyl (C=O) groups excluding carboxylic acids is 1. The standard InChI is InChI=1S/C22H29ClN6O.HI/c1-3-10-26-21(30)17-7-4-6-16(13-17)14-27-22(24-2)28-18-9-12-29(15-18)20-19(23)8-5-11-25-20;/h4-8,11,13,18H,3,9-10,12,14-15H2,1-2H3,(H,26,30)(H2,24,27,28);1H. The van der Waals surface area contributed by atoms with Gasteiger partial charge >= 0.3 is 0 Å². The smallest absolute Gasteiger partial charge is 0.251 e. The maximum Gasteiger partial charge on any atom is 0.251 e. The highest BCUT2D eigenvalue weighted by Gasteiger charge is 2.25. The Bertz CT molecular complexity index is 894. The average molecular weight is 557 g/mol. The molecule has 1 atom stereocenters. The number of anilines is 1. The zero-order valence-electron chi connectivity index (χ0n) is 17.9. The Kier molecular flexibility index (Phi) is 10.3. The summed E-state index contributed by atoms with van der Waals surface area (Å²) in [6.07, 6.45) is 3.65. The van der Waals surface area contributed by atoms with E-state index in [0.717, 1.165) is 43.3 Å². The SMILES string of the molecule is CCCNC(=O)c1cccc(CNC(=NC)NC2CCN(c3ncccc3Cl)C2)c1.I. The third kappa shape index (κ3) is 7.24. The molecule has 1 aromatic carbocycles. The van der Waals surface area contributed by atoms with E-state index in [1.165, 1.54) is 0 Å². The van der Waals surface area contributed by atoms with Crippen molar-refractivity contribution in [2.24, 2.45) is 4.99 Å². The van der Waals surface area contributed by atoms with Gasteiger partial charge in [-0.2, -0.15) is 0 Å². The molecule has 3 N–H and O–H groups in total. The molecule has 3 rings (SSSR count). The largest absolute Gasteiger partial charge is 0.353 e. The van der Waals surface area contributed by atoms with Gasteiger partial charge in [-0.25, -0.2) is 4.98 Å². The summed E-state index contributed by atoms with van der Waals surface area (Å²) in [7, 11) is 1.76. The van der Waals surface area contributed by atoms with Crippen LogP contribution in [0.5, 0.6) is 0 Å². The molecule has 1 saturated heterocycles. The first-order valence-corrected chi connectivity index (χ1v) is 10.7. The lowest BCUT2D eigenvalue weighted by molar-refractivity contribution is 0.0953. The first-order chi connectivity index (χ1) is 14.6. The first-order valence-electron chi connectivity index (χ1n) is 10.3. The summed E-state index contributed by atoms with van der Waals surface area (Å²) in [4.78, 5) is 23.1. The van der Waals surface area contributed by atoms with E-state index in [-0.39, 0.29) is 35.9 Å². The molecule has 31 heavy (non-hydrogen) atoms. The van der Waals surface area contributed by atoms with Crippen molar-refractivity contribution >= 4 is 53.3 Å². The molecule has 2 heterocycles. The van der Waals surface area contributed by atoms with Gasteiger partial charge in [0.2, 0.25) is 0 Å². The van der Waals surface area contributed by atoms with Crippen molar-refractivity contribution < 1.29 is 4.79 Å². The van der Waals surface area contributed by atoms with E-state index in [0.29, 0.717) is 23.7 Å². The number of nitrogens with zero attached hydrogens (tertiary/aromatic N) is 3. The molecule has 1 aliphatic heterocycles. The van der Waals surface area contributed by atoms with Crippen LogP contribution in [0, 0.1) is 0 Å². The van der Waals surface area contributed by atoms with Gasteiger partial charge in [-0.3, -0.25) is 9.79 Å². The molecular weight excluding hydrogens is 527 g/mol. The van der Waals surface area contributed by atoms with Gasteiger partial charge in [0.25, 0.3) is 5.91 Å². The molecule has 168 valence electrons. The van der Waals surface area contributed by atoms with Crippen LogP contribution in [-0.4, -0.2) is 49.6 Å². The second-order valence-corrected chi connectivity index (χ2v) is 7.67. The van der Waals surface area contributed by atoms with E-state index in [1.807, 2.05) is 43.3 Å². The van der Waals surface area contributed by atoms with E-state index in [4.69, 9.17) is 11.6 Å². The summed E-state index contributed by atoms with van der Waals surface area (Å²) in [5.74, 6) is 1.51. The highest BCUT2D eigenvalue weighted by molar-refractivity contribution is 14.0. The summed E-state index contributed by atoms with van der Waals surface area (Å²) >= 11 is 6.28. The Morgan fingerprint density at radius 2 is 2.13 bits per heavy atom. The Morgan fingerprint density at radius 1 is 1.29 bits per heavy atom. The van der Waals surface area contributed by atoms with Crippen LogP contribution in [0.3, 0.4) is 0 Å². The number of aromatic nitrogens is 1. The Morgan fingerprint density at radius 3 is 2.87 bits per heavy atom. The quantitative estimate of drug-likeness (QED) is 0.277. The molecule has 7 nitrogen and oxygen atoms in total. The van der Waals surface area contributed by atoms with Gasteiger partial charge in [0.15, 0.2) is 5.96 Å². The maximum absolute atomic E-state index is 12.2. The molecule has 0 bridgehead atoms. The minimum atomic E-state index is -0.0413. The second-order valence-electron chi connectivity index (χ2n) is 7.27. The number of aliphatic imine (C=N–C) groups is 1. The van der Waals surface area contributed by atoms with Crippen molar-refractivity contribution in [1.82, 2.24) is 20.9 Å². The second kappa shape index (κ2) is 12.7. The number of benzene rings is 1. The number of pyridine rings is 1. The van der Waals surface area contributed by atoms with E-state index >= 15 is 0 Å². The van der Waals surface area contributed by atoms with Crippen molar-refractivity contribution in [2.75, 3.05) is 31.6 Å². The topological polar surface area (TPSA) is 81.6 Å². The number of guanidine groups is 1. The molecule has 1 amide bonds. The van der Waals surface area contributed by atoms with Gasteiger partial charge in [-0.1, -0.05) is 30.7 Å². The first kappa shape index (κ1) is 25.2. The zero-order valence-corrected chi connectivity index (χ0v) is 21.0. The molecular formula is C22H30ClIN6O. The Labute approximate surface area is 206 Å². The number of hydrogen-bond donors (Lipinski definition) is 3. The highest BCUT2D eigenvalue weighted by atomic mass is 127. The van der Waals surface area contributed by atoms with Crippen LogP contribution in [0.1, 0.15) is 35.7 Å². The Balaban J connectivity index is 0.00000341. The van der Waals surface area contributed by atoms with Gasteiger partial charge in [-0.15, -0.1) is 24.0 Å². The molecule has 1 aromatic heterocycles. The van der Waals surface area contributed by atoms with E-state index < -0.39 is 0 Å². The fourth-order valence-corrected chi connectivity index (χ4v) is 3.66. The average Bonchev–Trinajstić information content (AvgIpc) is 3.23. The lowest BCUT2D eigenvalue weighted by atomic mass is 10.1. The van der Waals surface area contributed by atoms with Crippen LogP contribution in [0.15, 0.2) is 47.6 Å². The van der Waals surface area contributed by atoms with Crippen LogP contribution >= 0.6 is 35.6 Å². The van der Waals surface area contributed by atoms with Crippen molar-refractivity contribution in [2.45, 2.75) is 32.4 Å². The number of halogens is 2. The summed E-state index contributed by atoms with van der Waals surface area (Å²) in [6, 6.07) is 11.6. The van der Waals surface area contributed by atoms with Gasteiger partial charge in [0, 0.05) is 51.0 Å². The van der Waals surface area contributed by atoms with Gasteiger partial charge in [-0.05, 0) is 42.7 Å². The van der Waals surface area contributed by atoms with Gasteiger partial charge in [0.05, 0.1) is 5.02 Å². The van der Waals surface area contributed by atoms with Crippen molar-refractivity contribution in [3.8, 4) is 0 Å². The predicted octanol–water partition coefficient (Wildman–Crippen LogP) is 3.44. The summed E-state index contributed by atoms with van der Waals surface area (Å²) in [5, 5.41) is 10.4. The minimum absolute atomic E-state index is 0. The van der Waals surface area contributed by atoms with E-state index in [1.54, 1.807) is 13.2 Å². The number of rotatable bonds is 7. The molecule has 0 radical (unpaired) electrons. The van der Waals surface area contributed by atoms with Gasteiger partial charge in [0.1, 0.15) is 5.82 Å². The summed E-state index contributed by atoms with van der Waals surface area (Å²) < 4.78 is 0. The number of nitrogens with one attached hydrogen (secondary N) is 3. The molecule has 1 unspecified atom stereocenters. The predicted molar refractivity (Wildman–Crippen MR) is 138 cm³/mol. The fraction of sp³-hybridized carbons (Fsp3) is 0.409. The van der Waals surface area contributed by atoms with Crippen molar-refractivity contribution in [1.29, 1.82) is 0 Å². The Hall–Kier alpha value is -2.07. The molecule has 9 heteroatoms. The third-order valence-electron chi connectivity index (χ3n) is 4.98.